The van der Waals surface area contributed by atoms with E-state index in [0.717, 1.165) is 30.1 Å². The first-order valence-corrected chi connectivity index (χ1v) is 9.77. The fourth-order valence-corrected chi connectivity index (χ4v) is 3.52. The number of ether oxygens (including phenoxy) is 1. The lowest BCUT2D eigenvalue weighted by Crippen LogP contribution is -2.48. The maximum Gasteiger partial charge on any atom is 0.289 e. The molecule has 2 heterocycles. The zero-order valence-electron chi connectivity index (χ0n) is 16.3. The molecule has 1 aliphatic heterocycles. The van der Waals surface area contributed by atoms with Crippen LogP contribution in [-0.2, 0) is 0 Å². The Balaban J connectivity index is 1.41. The zero-order valence-corrected chi connectivity index (χ0v) is 16.3. The van der Waals surface area contributed by atoms with Gasteiger partial charge in [-0.3, -0.25) is 4.79 Å². The second kappa shape index (κ2) is 8.39. The predicted molar refractivity (Wildman–Crippen MR) is 110 cm³/mol. The molecule has 1 fully saturated rings. The average Bonchev–Trinajstić information content (AvgIpc) is 3.25. The molecule has 1 aromatic heterocycles. The Labute approximate surface area is 169 Å². The first-order chi connectivity index (χ1) is 14.2. The van der Waals surface area contributed by atoms with Gasteiger partial charge in [0.25, 0.3) is 5.91 Å². The van der Waals surface area contributed by atoms with Crippen molar-refractivity contribution in [3.05, 3.63) is 72.2 Å². The molecule has 1 saturated heterocycles. The minimum absolute atomic E-state index is 0.129. The van der Waals surface area contributed by atoms with Crippen LogP contribution < -0.4 is 9.64 Å². The number of amides is 1. The topological polar surface area (TPSA) is 45.9 Å². The Kier molecular flexibility index (Phi) is 5.51. The predicted octanol–water partition coefficient (Wildman–Crippen LogP) is 4.45. The van der Waals surface area contributed by atoms with Gasteiger partial charge in [0.1, 0.15) is 17.3 Å². The van der Waals surface area contributed by atoms with Crippen LogP contribution in [0.15, 0.2) is 65.1 Å². The fourth-order valence-electron chi connectivity index (χ4n) is 3.52. The lowest BCUT2D eigenvalue weighted by molar-refractivity contribution is 0.0715. The van der Waals surface area contributed by atoms with E-state index in [2.05, 4.69) is 4.90 Å². The number of benzene rings is 2. The van der Waals surface area contributed by atoms with Crippen LogP contribution in [0.2, 0.25) is 0 Å². The van der Waals surface area contributed by atoms with Gasteiger partial charge in [-0.25, -0.2) is 4.39 Å². The highest BCUT2D eigenvalue weighted by atomic mass is 19.1. The van der Waals surface area contributed by atoms with Gasteiger partial charge in [-0.1, -0.05) is 12.1 Å². The molecule has 29 heavy (non-hydrogen) atoms. The summed E-state index contributed by atoms with van der Waals surface area (Å²) >= 11 is 0. The number of carbonyl (C=O) groups is 1. The second-order valence-corrected chi connectivity index (χ2v) is 6.85. The lowest BCUT2D eigenvalue weighted by atomic mass is 10.2. The summed E-state index contributed by atoms with van der Waals surface area (Å²) in [6.07, 6.45) is 0. The number of carbonyl (C=O) groups excluding carboxylic acids is 1. The summed E-state index contributed by atoms with van der Waals surface area (Å²) in [7, 11) is 0. The van der Waals surface area contributed by atoms with Gasteiger partial charge in [0, 0.05) is 31.7 Å². The molecule has 0 saturated carbocycles. The summed E-state index contributed by atoms with van der Waals surface area (Å²) < 4.78 is 24.6. The smallest absolute Gasteiger partial charge is 0.289 e. The first kappa shape index (κ1) is 19.1. The third kappa shape index (κ3) is 4.11. The highest BCUT2D eigenvalue weighted by Gasteiger charge is 2.25. The van der Waals surface area contributed by atoms with Crippen LogP contribution in [0.1, 0.15) is 17.5 Å². The largest absolute Gasteiger partial charge is 0.492 e. The van der Waals surface area contributed by atoms with E-state index in [0.29, 0.717) is 31.2 Å². The molecule has 0 aliphatic carbocycles. The molecule has 0 atom stereocenters. The molecule has 0 spiro atoms. The van der Waals surface area contributed by atoms with Crippen LogP contribution in [0, 0.1) is 5.82 Å². The van der Waals surface area contributed by atoms with Crippen LogP contribution in [-0.4, -0.2) is 43.6 Å². The lowest BCUT2D eigenvalue weighted by Gasteiger charge is -2.36. The zero-order chi connectivity index (χ0) is 20.2. The van der Waals surface area contributed by atoms with E-state index >= 15 is 0 Å². The number of furan rings is 1. The van der Waals surface area contributed by atoms with Gasteiger partial charge in [-0.2, -0.15) is 0 Å². The van der Waals surface area contributed by atoms with Gasteiger partial charge in [0.05, 0.1) is 12.3 Å². The van der Waals surface area contributed by atoms with Crippen LogP contribution in [0.25, 0.3) is 11.3 Å². The van der Waals surface area contributed by atoms with Crippen molar-refractivity contribution in [2.24, 2.45) is 0 Å². The van der Waals surface area contributed by atoms with E-state index in [9.17, 15) is 9.18 Å². The molecular formula is C23H23FN2O3. The summed E-state index contributed by atoms with van der Waals surface area (Å²) in [5.74, 6) is 1.28. The van der Waals surface area contributed by atoms with Crippen molar-refractivity contribution < 1.29 is 18.3 Å². The molecule has 0 unspecified atom stereocenters. The molecule has 5 nitrogen and oxygen atoms in total. The second-order valence-electron chi connectivity index (χ2n) is 6.85. The van der Waals surface area contributed by atoms with E-state index in [4.69, 9.17) is 9.15 Å². The molecule has 1 aliphatic rings. The van der Waals surface area contributed by atoms with E-state index in [1.54, 1.807) is 29.2 Å². The SMILES string of the molecule is CCOc1ccccc1N1CCN(C(=O)c2ccc(-c3ccc(F)cc3)o2)CC1. The van der Waals surface area contributed by atoms with E-state index < -0.39 is 0 Å². The normalized spacial score (nSPS) is 14.1. The molecule has 1 amide bonds. The van der Waals surface area contributed by atoms with Gasteiger partial charge >= 0.3 is 0 Å². The molecule has 0 N–H and O–H groups in total. The standard InChI is InChI=1S/C23H23FN2O3/c1-2-28-21-6-4-3-5-19(21)25-13-15-26(16-14-25)23(27)22-12-11-20(29-22)17-7-9-18(24)10-8-17/h3-12H,2,13-16H2,1H3. The van der Waals surface area contributed by atoms with Gasteiger partial charge in [0.15, 0.2) is 5.76 Å². The Morgan fingerprint density at radius 3 is 2.45 bits per heavy atom. The van der Waals surface area contributed by atoms with Crippen molar-refractivity contribution in [2.45, 2.75) is 6.92 Å². The van der Waals surface area contributed by atoms with Gasteiger partial charge < -0.3 is 19.0 Å². The van der Waals surface area contributed by atoms with Gasteiger partial charge in [-0.05, 0) is 55.5 Å². The summed E-state index contributed by atoms with van der Waals surface area (Å²) in [6.45, 7) is 5.24. The number of rotatable bonds is 5. The van der Waals surface area contributed by atoms with Gasteiger partial charge in [-0.15, -0.1) is 0 Å². The number of anilines is 1. The van der Waals surface area contributed by atoms with E-state index in [1.807, 2.05) is 31.2 Å². The average molecular weight is 394 g/mol. The van der Waals surface area contributed by atoms with Crippen LogP contribution in [0.5, 0.6) is 5.75 Å². The molecule has 4 rings (SSSR count). The molecule has 3 aromatic rings. The molecule has 0 radical (unpaired) electrons. The molecule has 150 valence electrons. The number of halogens is 1. The maximum atomic E-state index is 13.1. The van der Waals surface area contributed by atoms with Crippen LogP contribution >= 0.6 is 0 Å². The quantitative estimate of drug-likeness (QED) is 0.642. The molecule has 6 heteroatoms. The van der Waals surface area contributed by atoms with Crippen molar-refractivity contribution in [1.82, 2.24) is 4.90 Å². The van der Waals surface area contributed by atoms with Crippen LogP contribution in [0.3, 0.4) is 0 Å². The van der Waals surface area contributed by atoms with Crippen molar-refractivity contribution in [3.63, 3.8) is 0 Å². The van der Waals surface area contributed by atoms with Crippen molar-refractivity contribution in [1.29, 1.82) is 0 Å². The number of para-hydroxylation sites is 2. The van der Waals surface area contributed by atoms with Crippen molar-refractivity contribution >= 4 is 11.6 Å². The van der Waals surface area contributed by atoms with E-state index in [-0.39, 0.29) is 11.7 Å². The number of piperazine rings is 1. The van der Waals surface area contributed by atoms with E-state index in [1.165, 1.54) is 12.1 Å². The summed E-state index contributed by atoms with van der Waals surface area (Å²) in [6, 6.07) is 17.4. The Bertz CT molecular complexity index is 976. The summed E-state index contributed by atoms with van der Waals surface area (Å²) in [5.41, 5.74) is 1.79. The van der Waals surface area contributed by atoms with Crippen LogP contribution in [0.4, 0.5) is 10.1 Å². The minimum Gasteiger partial charge on any atom is -0.492 e. The number of hydrogen-bond acceptors (Lipinski definition) is 4. The molecule has 0 bridgehead atoms. The first-order valence-electron chi connectivity index (χ1n) is 9.77. The number of nitrogens with zero attached hydrogens (tertiary/aromatic N) is 2. The highest BCUT2D eigenvalue weighted by molar-refractivity contribution is 5.92. The Morgan fingerprint density at radius 2 is 1.72 bits per heavy atom. The summed E-state index contributed by atoms with van der Waals surface area (Å²) in [5, 5.41) is 0. The number of hydrogen-bond donors (Lipinski definition) is 0. The minimum atomic E-state index is -0.305. The summed E-state index contributed by atoms with van der Waals surface area (Å²) in [4.78, 5) is 16.9. The maximum absolute atomic E-state index is 13.1. The molecule has 2 aromatic carbocycles. The van der Waals surface area contributed by atoms with Gasteiger partial charge in [0.2, 0.25) is 0 Å². The third-order valence-electron chi connectivity index (χ3n) is 5.02. The fraction of sp³-hybridized carbons (Fsp3) is 0.261. The molecular weight excluding hydrogens is 371 g/mol. The Morgan fingerprint density at radius 1 is 1.00 bits per heavy atom. The van der Waals surface area contributed by atoms with Crippen molar-refractivity contribution in [3.8, 4) is 17.1 Å². The Hall–Kier alpha value is -3.28. The monoisotopic (exact) mass is 394 g/mol. The third-order valence-corrected chi connectivity index (χ3v) is 5.02. The highest BCUT2D eigenvalue weighted by Crippen LogP contribution is 2.29. The van der Waals surface area contributed by atoms with Crippen molar-refractivity contribution in [2.75, 3.05) is 37.7 Å².